The van der Waals surface area contributed by atoms with Crippen molar-refractivity contribution >= 4 is 11.7 Å². The van der Waals surface area contributed by atoms with Gasteiger partial charge < -0.3 is 11.1 Å². The van der Waals surface area contributed by atoms with Crippen LogP contribution in [0, 0.1) is 5.41 Å². The molecule has 3 N–H and O–H groups in total. The summed E-state index contributed by atoms with van der Waals surface area (Å²) in [4.78, 5) is 11.9. The maximum Gasteiger partial charge on any atom is 0.272 e. The number of nitrogens with two attached hydrogens (primary N) is 1. The third kappa shape index (κ3) is 2.93. The number of rotatable bonds is 2. The van der Waals surface area contributed by atoms with Gasteiger partial charge in [0.25, 0.3) is 5.91 Å². The number of hydrogen-bond donors (Lipinski definition) is 2. The third-order valence-corrected chi connectivity index (χ3v) is 3.22. The Morgan fingerprint density at radius 1 is 1.47 bits per heavy atom. The van der Waals surface area contributed by atoms with Crippen LogP contribution in [0.15, 0.2) is 12.1 Å². The second kappa shape index (κ2) is 4.31. The number of nitrogens with zero attached hydrogens (tertiary/aromatic N) is 2. The standard InChI is InChI=1S/C12H18N4O/c1-12(2)6-5-8(7-12)14-11(17)9-3-4-10(13)16-15-9/h3-4,8H,5-7H2,1-2H3,(H2,13,16)(H,14,17). The van der Waals surface area contributed by atoms with E-state index in [1.54, 1.807) is 12.1 Å². The molecule has 1 aromatic rings. The highest BCUT2D eigenvalue weighted by atomic mass is 16.2. The molecule has 1 atom stereocenters. The Bertz CT molecular complexity index is 413. The van der Waals surface area contributed by atoms with Crippen LogP contribution < -0.4 is 11.1 Å². The van der Waals surface area contributed by atoms with Gasteiger partial charge in [-0.25, -0.2) is 0 Å². The van der Waals surface area contributed by atoms with Crippen LogP contribution in [0.5, 0.6) is 0 Å². The van der Waals surface area contributed by atoms with Gasteiger partial charge in [-0.1, -0.05) is 13.8 Å². The van der Waals surface area contributed by atoms with E-state index in [4.69, 9.17) is 5.73 Å². The van der Waals surface area contributed by atoms with Crippen molar-refractivity contribution in [2.45, 2.75) is 39.2 Å². The molecule has 5 nitrogen and oxygen atoms in total. The number of carbonyl (C=O) groups excluding carboxylic acids is 1. The fourth-order valence-corrected chi connectivity index (χ4v) is 2.28. The second-order valence-corrected chi connectivity index (χ2v) is 5.42. The molecule has 5 heteroatoms. The summed E-state index contributed by atoms with van der Waals surface area (Å²) >= 11 is 0. The normalized spacial score (nSPS) is 22.4. The summed E-state index contributed by atoms with van der Waals surface area (Å²) in [5.41, 5.74) is 6.07. The Morgan fingerprint density at radius 2 is 2.24 bits per heavy atom. The molecule has 1 heterocycles. The molecule has 17 heavy (non-hydrogen) atoms. The summed E-state index contributed by atoms with van der Waals surface area (Å²) in [5.74, 6) is 0.156. The molecular weight excluding hydrogens is 216 g/mol. The zero-order valence-corrected chi connectivity index (χ0v) is 10.2. The minimum Gasteiger partial charge on any atom is -0.382 e. The van der Waals surface area contributed by atoms with E-state index in [1.165, 1.54) is 0 Å². The van der Waals surface area contributed by atoms with Crippen LogP contribution in [0.3, 0.4) is 0 Å². The predicted molar refractivity (Wildman–Crippen MR) is 65.3 cm³/mol. The van der Waals surface area contributed by atoms with Crippen molar-refractivity contribution in [2.24, 2.45) is 5.41 Å². The van der Waals surface area contributed by atoms with Gasteiger partial charge in [-0.3, -0.25) is 4.79 Å². The molecule has 1 aromatic heterocycles. The number of hydrogen-bond acceptors (Lipinski definition) is 4. The lowest BCUT2D eigenvalue weighted by Crippen LogP contribution is -2.34. The van der Waals surface area contributed by atoms with E-state index < -0.39 is 0 Å². The van der Waals surface area contributed by atoms with Crippen LogP contribution in [-0.2, 0) is 0 Å². The van der Waals surface area contributed by atoms with E-state index in [9.17, 15) is 4.79 Å². The molecule has 1 amide bonds. The van der Waals surface area contributed by atoms with Gasteiger partial charge in [0.2, 0.25) is 0 Å². The molecule has 1 unspecified atom stereocenters. The van der Waals surface area contributed by atoms with E-state index >= 15 is 0 Å². The Labute approximate surface area is 101 Å². The Kier molecular flexibility index (Phi) is 3.00. The highest BCUT2D eigenvalue weighted by Crippen LogP contribution is 2.36. The summed E-state index contributed by atoms with van der Waals surface area (Å²) < 4.78 is 0. The molecule has 0 spiro atoms. The average Bonchev–Trinajstić information content (AvgIpc) is 2.59. The van der Waals surface area contributed by atoms with Crippen LogP contribution in [0.1, 0.15) is 43.6 Å². The number of nitrogens with one attached hydrogen (secondary N) is 1. The molecule has 1 saturated carbocycles. The van der Waals surface area contributed by atoms with Crippen LogP contribution in [0.2, 0.25) is 0 Å². The lowest BCUT2D eigenvalue weighted by atomic mass is 9.92. The van der Waals surface area contributed by atoms with E-state index in [0.29, 0.717) is 16.9 Å². The first kappa shape index (κ1) is 11.8. The Morgan fingerprint density at radius 3 is 2.76 bits per heavy atom. The number of carbonyl (C=O) groups is 1. The monoisotopic (exact) mass is 234 g/mol. The second-order valence-electron chi connectivity index (χ2n) is 5.42. The molecule has 2 rings (SSSR count). The molecule has 0 aliphatic heterocycles. The first-order valence-corrected chi connectivity index (χ1v) is 5.86. The Hall–Kier alpha value is -1.65. The van der Waals surface area contributed by atoms with Crippen molar-refractivity contribution in [3.63, 3.8) is 0 Å². The highest BCUT2D eigenvalue weighted by Gasteiger charge is 2.31. The minimum absolute atomic E-state index is 0.166. The summed E-state index contributed by atoms with van der Waals surface area (Å²) in [5, 5.41) is 10.4. The maximum absolute atomic E-state index is 11.9. The van der Waals surface area contributed by atoms with Crippen molar-refractivity contribution in [1.29, 1.82) is 0 Å². The zero-order chi connectivity index (χ0) is 12.5. The highest BCUT2D eigenvalue weighted by molar-refractivity contribution is 5.92. The molecule has 1 fully saturated rings. The van der Waals surface area contributed by atoms with Crippen LogP contribution in [-0.4, -0.2) is 22.1 Å². The quantitative estimate of drug-likeness (QED) is 0.809. The summed E-state index contributed by atoms with van der Waals surface area (Å²) in [6.07, 6.45) is 3.19. The van der Waals surface area contributed by atoms with Gasteiger partial charge in [-0.15, -0.1) is 10.2 Å². The minimum atomic E-state index is -0.166. The molecule has 0 saturated heterocycles. The van der Waals surface area contributed by atoms with Gasteiger partial charge in [-0.05, 0) is 36.8 Å². The van der Waals surface area contributed by atoms with Gasteiger partial charge in [-0.2, -0.15) is 0 Å². The molecule has 0 radical (unpaired) electrons. The number of amides is 1. The topological polar surface area (TPSA) is 80.9 Å². The summed E-state index contributed by atoms with van der Waals surface area (Å²) in [6, 6.07) is 3.43. The lowest BCUT2D eigenvalue weighted by molar-refractivity contribution is 0.0930. The lowest BCUT2D eigenvalue weighted by Gasteiger charge is -2.17. The number of aromatic nitrogens is 2. The Balaban J connectivity index is 1.96. The first-order chi connectivity index (χ1) is 7.96. The third-order valence-electron chi connectivity index (χ3n) is 3.22. The van der Waals surface area contributed by atoms with Crippen molar-refractivity contribution < 1.29 is 4.79 Å². The molecule has 0 aromatic carbocycles. The SMILES string of the molecule is CC1(C)CCC(NC(=O)c2ccc(N)nn2)C1. The fraction of sp³-hybridized carbons (Fsp3) is 0.583. The molecule has 92 valence electrons. The van der Waals surface area contributed by atoms with E-state index in [2.05, 4.69) is 29.4 Å². The largest absolute Gasteiger partial charge is 0.382 e. The van der Waals surface area contributed by atoms with E-state index in [1.807, 2.05) is 0 Å². The molecule has 1 aliphatic rings. The van der Waals surface area contributed by atoms with Gasteiger partial charge in [0.05, 0.1) is 0 Å². The summed E-state index contributed by atoms with van der Waals surface area (Å²) in [7, 11) is 0. The smallest absolute Gasteiger partial charge is 0.272 e. The van der Waals surface area contributed by atoms with Gasteiger partial charge in [0.1, 0.15) is 5.82 Å². The van der Waals surface area contributed by atoms with E-state index in [-0.39, 0.29) is 11.9 Å². The number of anilines is 1. The van der Waals surface area contributed by atoms with Gasteiger partial charge >= 0.3 is 0 Å². The van der Waals surface area contributed by atoms with E-state index in [0.717, 1.165) is 19.3 Å². The van der Waals surface area contributed by atoms with Crippen molar-refractivity contribution in [3.8, 4) is 0 Å². The molecular formula is C12H18N4O. The van der Waals surface area contributed by atoms with Crippen LogP contribution >= 0.6 is 0 Å². The fourth-order valence-electron chi connectivity index (χ4n) is 2.28. The van der Waals surface area contributed by atoms with Gasteiger partial charge in [0, 0.05) is 6.04 Å². The van der Waals surface area contributed by atoms with Crippen molar-refractivity contribution in [2.75, 3.05) is 5.73 Å². The summed E-state index contributed by atoms with van der Waals surface area (Å²) in [6.45, 7) is 4.45. The molecule has 0 bridgehead atoms. The molecule has 1 aliphatic carbocycles. The maximum atomic E-state index is 11.9. The van der Waals surface area contributed by atoms with Crippen LogP contribution in [0.4, 0.5) is 5.82 Å². The first-order valence-electron chi connectivity index (χ1n) is 5.86. The predicted octanol–water partition coefficient (Wildman–Crippen LogP) is 1.37. The zero-order valence-electron chi connectivity index (χ0n) is 10.2. The van der Waals surface area contributed by atoms with Gasteiger partial charge in [0.15, 0.2) is 5.69 Å². The van der Waals surface area contributed by atoms with Crippen LogP contribution in [0.25, 0.3) is 0 Å². The van der Waals surface area contributed by atoms with Crippen molar-refractivity contribution in [3.05, 3.63) is 17.8 Å². The number of nitrogen functional groups attached to an aromatic ring is 1. The van der Waals surface area contributed by atoms with Crippen molar-refractivity contribution in [1.82, 2.24) is 15.5 Å². The average molecular weight is 234 g/mol.